The third-order valence-electron chi connectivity index (χ3n) is 4.86. The van der Waals surface area contributed by atoms with Crippen LogP contribution >= 0.6 is 11.3 Å². The van der Waals surface area contributed by atoms with Crippen LogP contribution in [0.1, 0.15) is 48.3 Å². The lowest BCUT2D eigenvalue weighted by atomic mass is 9.75. The van der Waals surface area contributed by atoms with E-state index in [9.17, 15) is 0 Å². The number of likely N-dealkylation sites (tertiary alicyclic amines) is 1. The molecule has 3 heteroatoms. The van der Waals surface area contributed by atoms with Crippen LogP contribution in [0.2, 0.25) is 0 Å². The number of rotatable bonds is 3. The van der Waals surface area contributed by atoms with E-state index in [1.807, 2.05) is 11.3 Å². The van der Waals surface area contributed by atoms with E-state index < -0.39 is 0 Å². The van der Waals surface area contributed by atoms with Gasteiger partial charge in [0.25, 0.3) is 0 Å². The molecule has 1 aliphatic heterocycles. The van der Waals surface area contributed by atoms with E-state index in [-0.39, 0.29) is 6.61 Å². The molecule has 3 rings (SSSR count). The topological polar surface area (TPSA) is 23.5 Å². The summed E-state index contributed by atoms with van der Waals surface area (Å²) >= 11 is 1.81. The Labute approximate surface area is 132 Å². The van der Waals surface area contributed by atoms with Crippen LogP contribution < -0.4 is 0 Å². The average molecular weight is 303 g/mol. The van der Waals surface area contributed by atoms with Crippen molar-refractivity contribution in [2.24, 2.45) is 11.8 Å². The summed E-state index contributed by atoms with van der Waals surface area (Å²) in [6, 6.07) is 4.35. The molecule has 0 bridgehead atoms. The second kappa shape index (κ2) is 7.45. The van der Waals surface area contributed by atoms with E-state index in [2.05, 4.69) is 28.9 Å². The summed E-state index contributed by atoms with van der Waals surface area (Å²) in [6.45, 7) is 3.82. The Kier molecular flexibility index (Phi) is 5.35. The third-order valence-corrected chi connectivity index (χ3v) is 5.85. The van der Waals surface area contributed by atoms with E-state index in [1.54, 1.807) is 0 Å². The second-order valence-electron chi connectivity index (χ2n) is 6.37. The van der Waals surface area contributed by atoms with Gasteiger partial charge in [-0.25, -0.2) is 0 Å². The summed E-state index contributed by atoms with van der Waals surface area (Å²) in [6.07, 6.45) is 7.80. The molecule has 0 spiro atoms. The van der Waals surface area contributed by atoms with Crippen LogP contribution in [-0.4, -0.2) is 29.7 Å². The van der Waals surface area contributed by atoms with Crippen LogP contribution in [-0.2, 0) is 6.54 Å². The van der Waals surface area contributed by atoms with E-state index >= 15 is 0 Å². The molecular formula is C18H25NOS. The lowest BCUT2D eigenvalue weighted by molar-refractivity contribution is 0.0827. The Morgan fingerprint density at radius 1 is 1.19 bits per heavy atom. The van der Waals surface area contributed by atoms with Crippen molar-refractivity contribution in [3.8, 4) is 11.8 Å². The van der Waals surface area contributed by atoms with Gasteiger partial charge >= 0.3 is 0 Å². The minimum Gasteiger partial charge on any atom is -0.395 e. The zero-order chi connectivity index (χ0) is 14.5. The van der Waals surface area contributed by atoms with Gasteiger partial charge in [0.1, 0.15) is 0 Å². The maximum Gasteiger partial charge on any atom is 0.0771 e. The molecule has 2 heterocycles. The number of fused-ring (bicyclic) bond motifs is 1. The largest absolute Gasteiger partial charge is 0.395 e. The molecule has 1 aromatic rings. The maximum atomic E-state index is 8.75. The Balaban J connectivity index is 1.54. The molecule has 2 nitrogen and oxygen atoms in total. The minimum absolute atomic E-state index is 0.154. The third kappa shape index (κ3) is 4.10. The van der Waals surface area contributed by atoms with Crippen LogP contribution in [0.5, 0.6) is 0 Å². The van der Waals surface area contributed by atoms with Crippen molar-refractivity contribution in [2.45, 2.75) is 45.1 Å². The van der Waals surface area contributed by atoms with Crippen molar-refractivity contribution in [1.29, 1.82) is 0 Å². The molecule has 1 aliphatic carbocycles. The van der Waals surface area contributed by atoms with Gasteiger partial charge in [0, 0.05) is 24.4 Å². The molecule has 0 radical (unpaired) electrons. The summed E-state index contributed by atoms with van der Waals surface area (Å²) in [5.41, 5.74) is 0. The molecule has 114 valence electrons. The van der Waals surface area contributed by atoms with E-state index in [0.717, 1.165) is 23.3 Å². The van der Waals surface area contributed by atoms with Gasteiger partial charge in [0.15, 0.2) is 0 Å². The fourth-order valence-corrected chi connectivity index (χ4v) is 4.70. The molecule has 1 saturated carbocycles. The van der Waals surface area contributed by atoms with Crippen LogP contribution in [0.25, 0.3) is 0 Å². The van der Waals surface area contributed by atoms with E-state index in [1.165, 1.54) is 50.1 Å². The van der Waals surface area contributed by atoms with Crippen LogP contribution in [0, 0.1) is 23.7 Å². The lowest BCUT2D eigenvalue weighted by Gasteiger charge is -2.41. The molecule has 2 atom stereocenters. The average Bonchev–Trinajstić information content (AvgIpc) is 2.95. The highest BCUT2D eigenvalue weighted by molar-refractivity contribution is 7.12. The molecule has 2 aliphatic rings. The Hall–Kier alpha value is -0.820. The zero-order valence-electron chi connectivity index (χ0n) is 12.7. The van der Waals surface area contributed by atoms with Crippen molar-refractivity contribution < 1.29 is 5.11 Å². The minimum atomic E-state index is 0.154. The van der Waals surface area contributed by atoms with Crippen LogP contribution in [0.4, 0.5) is 0 Å². The molecule has 1 saturated heterocycles. The summed E-state index contributed by atoms with van der Waals surface area (Å²) < 4.78 is 0. The number of hydrogen-bond donors (Lipinski definition) is 1. The first-order valence-electron chi connectivity index (χ1n) is 8.26. The number of thiophene rings is 1. The first-order chi connectivity index (χ1) is 10.3. The molecule has 21 heavy (non-hydrogen) atoms. The number of aliphatic hydroxyl groups is 1. The van der Waals surface area contributed by atoms with Gasteiger partial charge in [-0.2, -0.15) is 0 Å². The van der Waals surface area contributed by atoms with Gasteiger partial charge in [0.05, 0.1) is 11.5 Å². The van der Waals surface area contributed by atoms with Crippen LogP contribution in [0.3, 0.4) is 0 Å². The first kappa shape index (κ1) is 15.1. The summed E-state index contributed by atoms with van der Waals surface area (Å²) in [5.74, 6) is 8.11. The summed E-state index contributed by atoms with van der Waals surface area (Å²) in [4.78, 5) is 5.20. The normalized spacial score (nSPS) is 26.0. The first-order valence-corrected chi connectivity index (χ1v) is 9.07. The zero-order valence-corrected chi connectivity index (χ0v) is 13.5. The molecule has 2 fully saturated rings. The Morgan fingerprint density at radius 2 is 2.05 bits per heavy atom. The number of piperidine rings is 1. The van der Waals surface area contributed by atoms with Crippen molar-refractivity contribution in [1.82, 2.24) is 4.90 Å². The van der Waals surface area contributed by atoms with Crippen molar-refractivity contribution in [2.75, 3.05) is 19.7 Å². The van der Waals surface area contributed by atoms with Gasteiger partial charge in [-0.05, 0) is 43.4 Å². The monoisotopic (exact) mass is 303 g/mol. The molecular weight excluding hydrogens is 278 g/mol. The highest BCUT2D eigenvalue weighted by Gasteiger charge is 2.30. The number of hydrogen-bond acceptors (Lipinski definition) is 3. The standard InChI is InChI=1S/C18H25NOS/c20-12-4-3-7-17-8-9-18(21-17)14-19-11-10-15-5-1-2-6-16(15)13-19/h8-9,15-16,20H,1-2,4-6,10-14H2. The highest BCUT2D eigenvalue weighted by atomic mass is 32.1. The van der Waals surface area contributed by atoms with E-state index in [4.69, 9.17) is 5.11 Å². The molecule has 0 amide bonds. The van der Waals surface area contributed by atoms with Gasteiger partial charge in [-0.1, -0.05) is 31.1 Å². The predicted octanol–water partition coefficient (Wildman–Crippen LogP) is 3.49. The predicted molar refractivity (Wildman–Crippen MR) is 88.2 cm³/mol. The maximum absolute atomic E-state index is 8.75. The van der Waals surface area contributed by atoms with Crippen LogP contribution in [0.15, 0.2) is 12.1 Å². The smallest absolute Gasteiger partial charge is 0.0771 e. The van der Waals surface area contributed by atoms with Crippen molar-refractivity contribution in [3.05, 3.63) is 21.9 Å². The fourth-order valence-electron chi connectivity index (χ4n) is 3.78. The fraction of sp³-hybridized carbons (Fsp3) is 0.667. The molecule has 2 unspecified atom stereocenters. The van der Waals surface area contributed by atoms with E-state index in [0.29, 0.717) is 6.42 Å². The van der Waals surface area contributed by atoms with Gasteiger partial charge in [-0.3, -0.25) is 4.90 Å². The summed E-state index contributed by atoms with van der Waals surface area (Å²) in [5, 5.41) is 8.75. The summed E-state index contributed by atoms with van der Waals surface area (Å²) in [7, 11) is 0. The molecule has 0 aromatic carbocycles. The second-order valence-corrected chi connectivity index (χ2v) is 7.54. The number of aliphatic hydroxyl groups excluding tert-OH is 1. The van der Waals surface area contributed by atoms with Crippen molar-refractivity contribution >= 4 is 11.3 Å². The highest BCUT2D eigenvalue weighted by Crippen LogP contribution is 2.36. The van der Waals surface area contributed by atoms with Gasteiger partial charge < -0.3 is 5.11 Å². The van der Waals surface area contributed by atoms with Crippen molar-refractivity contribution in [3.63, 3.8) is 0 Å². The number of nitrogens with zero attached hydrogens (tertiary/aromatic N) is 1. The molecule has 1 N–H and O–H groups in total. The van der Waals surface area contributed by atoms with Gasteiger partial charge in [0.2, 0.25) is 0 Å². The molecule has 1 aromatic heterocycles. The Bertz CT molecular complexity index is 513. The Morgan fingerprint density at radius 3 is 2.90 bits per heavy atom. The lowest BCUT2D eigenvalue weighted by Crippen LogP contribution is -2.41. The SMILES string of the molecule is OCCC#Cc1ccc(CN2CCC3CCCCC3C2)s1. The quantitative estimate of drug-likeness (QED) is 0.864. The van der Waals surface area contributed by atoms with Gasteiger partial charge in [-0.15, -0.1) is 11.3 Å².